The number of ether oxygens (including phenoxy) is 2. The summed E-state index contributed by atoms with van der Waals surface area (Å²) < 4.78 is 39.6. The summed E-state index contributed by atoms with van der Waals surface area (Å²) >= 11 is 0. The van der Waals surface area contributed by atoms with Crippen molar-refractivity contribution in [2.24, 2.45) is 5.92 Å². The standard InChI is InChI=1S/C20H26N2O4S/c1-14(2)18-11-17(4-5-20(18)25-3)27(23,24)22-19-13-26-12-16(19)10-15-6-8-21-9-7-15/h4-9,11,14,16,19,22H,10,12-13H2,1-3H3/t16-,19-/m1/s1. The van der Waals surface area contributed by atoms with Crippen LogP contribution in [-0.2, 0) is 21.2 Å². The molecule has 1 aromatic heterocycles. The molecule has 1 saturated heterocycles. The monoisotopic (exact) mass is 390 g/mol. The molecule has 27 heavy (non-hydrogen) atoms. The normalized spacial score (nSPS) is 20.1. The predicted molar refractivity (Wildman–Crippen MR) is 103 cm³/mol. The second-order valence-corrected chi connectivity index (χ2v) is 8.86. The summed E-state index contributed by atoms with van der Waals surface area (Å²) in [6.07, 6.45) is 4.24. The van der Waals surface area contributed by atoms with E-state index in [1.54, 1.807) is 37.7 Å². The van der Waals surface area contributed by atoms with Crippen molar-refractivity contribution in [1.29, 1.82) is 0 Å². The molecular weight excluding hydrogens is 364 g/mol. The Morgan fingerprint density at radius 3 is 2.63 bits per heavy atom. The summed E-state index contributed by atoms with van der Waals surface area (Å²) in [5, 5.41) is 0. The molecule has 7 heteroatoms. The first kappa shape index (κ1) is 19.8. The summed E-state index contributed by atoms with van der Waals surface area (Å²) in [4.78, 5) is 4.27. The third-order valence-corrected chi connectivity index (χ3v) is 6.37. The fourth-order valence-electron chi connectivity index (χ4n) is 3.35. The minimum absolute atomic E-state index is 0.0880. The first-order valence-electron chi connectivity index (χ1n) is 9.07. The molecule has 2 heterocycles. The van der Waals surface area contributed by atoms with E-state index in [9.17, 15) is 8.42 Å². The molecule has 2 atom stereocenters. The molecule has 6 nitrogen and oxygen atoms in total. The van der Waals surface area contributed by atoms with Gasteiger partial charge in [0.05, 0.1) is 31.3 Å². The fourth-order valence-corrected chi connectivity index (χ4v) is 4.67. The summed E-state index contributed by atoms with van der Waals surface area (Å²) in [5.74, 6) is 0.943. The van der Waals surface area contributed by atoms with Crippen molar-refractivity contribution in [3.05, 3.63) is 53.9 Å². The van der Waals surface area contributed by atoms with Crippen LogP contribution in [0.25, 0.3) is 0 Å². The molecule has 2 aromatic rings. The molecule has 1 N–H and O–H groups in total. The number of hydrogen-bond acceptors (Lipinski definition) is 5. The lowest BCUT2D eigenvalue weighted by molar-refractivity contribution is 0.183. The van der Waals surface area contributed by atoms with E-state index in [0.717, 1.165) is 17.5 Å². The Morgan fingerprint density at radius 2 is 1.96 bits per heavy atom. The third-order valence-electron chi connectivity index (χ3n) is 4.89. The molecular formula is C20H26N2O4S. The van der Waals surface area contributed by atoms with Crippen LogP contribution in [0.4, 0.5) is 0 Å². The number of nitrogens with zero attached hydrogens (tertiary/aromatic N) is 1. The molecule has 0 bridgehead atoms. The van der Waals surface area contributed by atoms with Gasteiger partial charge in [-0.25, -0.2) is 13.1 Å². The number of methoxy groups -OCH3 is 1. The van der Waals surface area contributed by atoms with Crippen molar-refractivity contribution >= 4 is 10.0 Å². The molecule has 1 aliphatic heterocycles. The average Bonchev–Trinajstić information content (AvgIpc) is 3.07. The van der Waals surface area contributed by atoms with E-state index in [0.29, 0.717) is 19.0 Å². The number of pyridine rings is 1. The van der Waals surface area contributed by atoms with Crippen LogP contribution in [-0.4, -0.2) is 39.8 Å². The maximum absolute atomic E-state index is 12.9. The van der Waals surface area contributed by atoms with E-state index in [1.807, 2.05) is 26.0 Å². The Hall–Kier alpha value is -1.96. The van der Waals surface area contributed by atoms with Crippen LogP contribution >= 0.6 is 0 Å². The van der Waals surface area contributed by atoms with Crippen molar-refractivity contribution in [3.63, 3.8) is 0 Å². The fraction of sp³-hybridized carbons (Fsp3) is 0.450. The van der Waals surface area contributed by atoms with Gasteiger partial charge in [0.25, 0.3) is 0 Å². The van der Waals surface area contributed by atoms with Crippen molar-refractivity contribution in [1.82, 2.24) is 9.71 Å². The lowest BCUT2D eigenvalue weighted by Crippen LogP contribution is -2.40. The highest BCUT2D eigenvalue weighted by atomic mass is 32.2. The summed E-state index contributed by atoms with van der Waals surface area (Å²) in [5.41, 5.74) is 1.99. The van der Waals surface area contributed by atoms with Crippen LogP contribution in [0, 0.1) is 5.92 Å². The Bertz CT molecular complexity index is 869. The molecule has 0 aliphatic carbocycles. The van der Waals surface area contributed by atoms with E-state index in [-0.39, 0.29) is 22.8 Å². The van der Waals surface area contributed by atoms with Crippen LogP contribution in [0.2, 0.25) is 0 Å². The molecule has 0 spiro atoms. The number of sulfonamides is 1. The molecule has 3 rings (SSSR count). The van der Waals surface area contributed by atoms with Gasteiger partial charge < -0.3 is 9.47 Å². The third kappa shape index (κ3) is 4.66. The van der Waals surface area contributed by atoms with Crippen molar-refractivity contribution in [2.45, 2.75) is 37.1 Å². The van der Waals surface area contributed by atoms with Gasteiger partial charge in [0.2, 0.25) is 10.0 Å². The van der Waals surface area contributed by atoms with Gasteiger partial charge in [-0.1, -0.05) is 13.8 Å². The van der Waals surface area contributed by atoms with Gasteiger partial charge in [-0.05, 0) is 53.8 Å². The summed E-state index contributed by atoms with van der Waals surface area (Å²) in [7, 11) is -2.06. The van der Waals surface area contributed by atoms with Crippen molar-refractivity contribution < 1.29 is 17.9 Å². The average molecular weight is 391 g/mol. The van der Waals surface area contributed by atoms with E-state index in [4.69, 9.17) is 9.47 Å². The second kappa shape index (κ2) is 8.37. The number of nitrogens with one attached hydrogen (secondary N) is 1. The highest BCUT2D eigenvalue weighted by molar-refractivity contribution is 7.89. The lowest BCUT2D eigenvalue weighted by Gasteiger charge is -2.20. The lowest BCUT2D eigenvalue weighted by atomic mass is 9.96. The maximum atomic E-state index is 12.9. The molecule has 0 amide bonds. The van der Waals surface area contributed by atoms with Gasteiger partial charge in [0.1, 0.15) is 5.75 Å². The highest BCUT2D eigenvalue weighted by Gasteiger charge is 2.32. The molecule has 1 fully saturated rings. The van der Waals surface area contributed by atoms with Gasteiger partial charge >= 0.3 is 0 Å². The number of rotatable bonds is 7. The number of hydrogen-bond donors (Lipinski definition) is 1. The molecule has 0 unspecified atom stereocenters. The van der Waals surface area contributed by atoms with Crippen LogP contribution in [0.15, 0.2) is 47.6 Å². The first-order chi connectivity index (χ1) is 12.9. The van der Waals surface area contributed by atoms with E-state index >= 15 is 0 Å². The second-order valence-electron chi connectivity index (χ2n) is 7.14. The zero-order valence-corrected chi connectivity index (χ0v) is 16.7. The molecule has 0 radical (unpaired) electrons. The topological polar surface area (TPSA) is 77.5 Å². The van der Waals surface area contributed by atoms with Gasteiger partial charge in [0, 0.05) is 18.3 Å². The Kier molecular flexibility index (Phi) is 6.14. The smallest absolute Gasteiger partial charge is 0.240 e. The predicted octanol–water partition coefficient (Wildman–Crippen LogP) is 2.75. The minimum Gasteiger partial charge on any atom is -0.496 e. The van der Waals surface area contributed by atoms with Crippen molar-refractivity contribution in [2.75, 3.05) is 20.3 Å². The Morgan fingerprint density at radius 1 is 1.22 bits per heavy atom. The molecule has 0 saturated carbocycles. The number of benzene rings is 1. The maximum Gasteiger partial charge on any atom is 0.240 e. The van der Waals surface area contributed by atoms with Gasteiger partial charge in [-0.2, -0.15) is 0 Å². The van der Waals surface area contributed by atoms with Gasteiger partial charge in [-0.15, -0.1) is 0 Å². The van der Waals surface area contributed by atoms with Gasteiger partial charge in [-0.3, -0.25) is 4.98 Å². The summed E-state index contributed by atoms with van der Waals surface area (Å²) in [6.45, 7) is 4.94. The van der Waals surface area contributed by atoms with Crippen LogP contribution in [0.3, 0.4) is 0 Å². The zero-order valence-electron chi connectivity index (χ0n) is 15.9. The highest BCUT2D eigenvalue weighted by Crippen LogP contribution is 2.29. The molecule has 1 aromatic carbocycles. The molecule has 1 aliphatic rings. The molecule has 146 valence electrons. The first-order valence-corrected chi connectivity index (χ1v) is 10.6. The summed E-state index contributed by atoms with van der Waals surface area (Å²) in [6, 6.07) is 8.63. The number of aromatic nitrogens is 1. The van der Waals surface area contributed by atoms with E-state index in [1.165, 1.54) is 0 Å². The Labute approximate surface area is 161 Å². The van der Waals surface area contributed by atoms with E-state index < -0.39 is 10.0 Å². The SMILES string of the molecule is COc1ccc(S(=O)(=O)N[C@@H]2COC[C@H]2Cc2ccncc2)cc1C(C)C. The van der Waals surface area contributed by atoms with Crippen LogP contribution in [0.1, 0.15) is 30.9 Å². The zero-order chi connectivity index (χ0) is 19.4. The van der Waals surface area contributed by atoms with Gasteiger partial charge in [0.15, 0.2) is 0 Å². The van der Waals surface area contributed by atoms with E-state index in [2.05, 4.69) is 9.71 Å². The quantitative estimate of drug-likeness (QED) is 0.787. The Balaban J connectivity index is 1.78. The van der Waals surface area contributed by atoms with Crippen molar-refractivity contribution in [3.8, 4) is 5.75 Å². The van der Waals surface area contributed by atoms with Crippen LogP contribution < -0.4 is 9.46 Å². The van der Waals surface area contributed by atoms with Crippen LogP contribution in [0.5, 0.6) is 5.75 Å². The minimum atomic E-state index is -3.65. The largest absolute Gasteiger partial charge is 0.496 e.